The number of nitrogens with one attached hydrogen (secondary N) is 1. The molecule has 4 rings (SSSR count). The third-order valence-corrected chi connectivity index (χ3v) is 4.97. The topological polar surface area (TPSA) is 137 Å². The number of nitrogens with zero attached hydrogens (tertiary/aromatic N) is 6. The first-order valence-corrected chi connectivity index (χ1v) is 9.69. The molecule has 1 aliphatic heterocycles. The SMILES string of the molecule is CN(Cc1nnc2c(=O)[nH]ccn12)C(=O)C1CCN(c2ccncc2)C1.O=C(O)C(F)(F)F. The van der Waals surface area contributed by atoms with E-state index in [1.54, 1.807) is 34.9 Å². The minimum atomic E-state index is -5.08. The third kappa shape index (κ3) is 5.64. The molecule has 0 saturated carbocycles. The van der Waals surface area contributed by atoms with Crippen molar-refractivity contribution in [3.05, 3.63) is 53.1 Å². The molecule has 1 atom stereocenters. The largest absolute Gasteiger partial charge is 0.490 e. The minimum absolute atomic E-state index is 0.0595. The van der Waals surface area contributed by atoms with Crippen LogP contribution in [0.25, 0.3) is 5.65 Å². The van der Waals surface area contributed by atoms with Crippen LogP contribution in [-0.2, 0) is 16.1 Å². The predicted molar refractivity (Wildman–Crippen MR) is 108 cm³/mol. The number of hydrogen-bond donors (Lipinski definition) is 2. The maximum atomic E-state index is 12.8. The summed E-state index contributed by atoms with van der Waals surface area (Å²) in [5.41, 5.74) is 1.01. The van der Waals surface area contributed by atoms with Crippen LogP contribution < -0.4 is 10.5 Å². The van der Waals surface area contributed by atoms with Gasteiger partial charge in [-0.2, -0.15) is 13.2 Å². The number of carboxylic acids is 1. The van der Waals surface area contributed by atoms with E-state index in [9.17, 15) is 22.8 Å². The number of carbonyl (C=O) groups is 2. The molecule has 1 aliphatic rings. The van der Waals surface area contributed by atoms with Crippen molar-refractivity contribution >= 4 is 23.2 Å². The fourth-order valence-corrected chi connectivity index (χ4v) is 3.35. The van der Waals surface area contributed by atoms with Crippen LogP contribution in [0.1, 0.15) is 12.2 Å². The zero-order valence-corrected chi connectivity index (χ0v) is 17.4. The second-order valence-corrected chi connectivity index (χ2v) is 7.23. The van der Waals surface area contributed by atoms with E-state index in [-0.39, 0.29) is 23.0 Å². The summed E-state index contributed by atoms with van der Waals surface area (Å²) < 4.78 is 33.3. The first-order valence-electron chi connectivity index (χ1n) is 9.69. The zero-order chi connectivity index (χ0) is 24.2. The van der Waals surface area contributed by atoms with Crippen molar-refractivity contribution in [2.75, 3.05) is 25.0 Å². The quantitative estimate of drug-likeness (QED) is 0.578. The Morgan fingerprint density at radius 3 is 2.58 bits per heavy atom. The van der Waals surface area contributed by atoms with E-state index in [2.05, 4.69) is 25.1 Å². The lowest BCUT2D eigenvalue weighted by Crippen LogP contribution is -2.34. The maximum absolute atomic E-state index is 12.8. The molecule has 33 heavy (non-hydrogen) atoms. The predicted octanol–water partition coefficient (Wildman–Crippen LogP) is 0.931. The second kappa shape index (κ2) is 9.67. The van der Waals surface area contributed by atoms with Gasteiger partial charge in [0.05, 0.1) is 12.5 Å². The van der Waals surface area contributed by atoms with Gasteiger partial charge >= 0.3 is 12.1 Å². The summed E-state index contributed by atoms with van der Waals surface area (Å²) in [7, 11) is 1.76. The highest BCUT2D eigenvalue weighted by Crippen LogP contribution is 2.24. The Morgan fingerprint density at radius 1 is 1.27 bits per heavy atom. The van der Waals surface area contributed by atoms with Gasteiger partial charge < -0.3 is 19.9 Å². The van der Waals surface area contributed by atoms with Crippen LogP contribution in [0, 0.1) is 5.92 Å². The van der Waals surface area contributed by atoms with Gasteiger partial charge in [-0.1, -0.05) is 0 Å². The smallest absolute Gasteiger partial charge is 0.475 e. The molecule has 1 unspecified atom stereocenters. The van der Waals surface area contributed by atoms with Crippen molar-refractivity contribution in [1.82, 2.24) is 29.5 Å². The van der Waals surface area contributed by atoms with Crippen LogP contribution >= 0.6 is 0 Å². The Kier molecular flexibility index (Phi) is 6.94. The summed E-state index contributed by atoms with van der Waals surface area (Å²) in [4.78, 5) is 43.9. The van der Waals surface area contributed by atoms with Crippen molar-refractivity contribution in [2.24, 2.45) is 5.92 Å². The number of halogens is 3. The van der Waals surface area contributed by atoms with E-state index < -0.39 is 12.1 Å². The van der Waals surface area contributed by atoms with Crippen LogP contribution in [0.3, 0.4) is 0 Å². The number of hydrogen-bond acceptors (Lipinski definition) is 7. The zero-order valence-electron chi connectivity index (χ0n) is 17.4. The number of amides is 1. The lowest BCUT2D eigenvalue weighted by atomic mass is 10.1. The molecule has 0 aliphatic carbocycles. The fourth-order valence-electron chi connectivity index (χ4n) is 3.35. The molecule has 11 nitrogen and oxygen atoms in total. The number of carbonyl (C=O) groups excluding carboxylic acids is 1. The molecule has 14 heteroatoms. The molecule has 0 radical (unpaired) electrons. The van der Waals surface area contributed by atoms with E-state index in [1.807, 2.05) is 12.1 Å². The molecule has 3 aromatic heterocycles. The average Bonchev–Trinajstić information content (AvgIpc) is 3.42. The van der Waals surface area contributed by atoms with Crippen LogP contribution in [0.4, 0.5) is 18.9 Å². The van der Waals surface area contributed by atoms with Crippen LogP contribution in [0.2, 0.25) is 0 Å². The van der Waals surface area contributed by atoms with E-state index in [0.717, 1.165) is 18.7 Å². The summed E-state index contributed by atoms with van der Waals surface area (Å²) >= 11 is 0. The second-order valence-electron chi connectivity index (χ2n) is 7.23. The van der Waals surface area contributed by atoms with Gasteiger partial charge in [-0.05, 0) is 18.6 Å². The highest BCUT2D eigenvalue weighted by atomic mass is 19.4. The number of fused-ring (bicyclic) bond motifs is 1. The minimum Gasteiger partial charge on any atom is -0.475 e. The fraction of sp³-hybridized carbons (Fsp3) is 0.368. The summed E-state index contributed by atoms with van der Waals surface area (Å²) in [5, 5.41) is 15.1. The first kappa shape index (κ1) is 23.7. The number of rotatable bonds is 4. The van der Waals surface area contributed by atoms with Crippen LogP contribution in [0.5, 0.6) is 0 Å². The van der Waals surface area contributed by atoms with E-state index in [1.165, 1.54) is 6.20 Å². The Hall–Kier alpha value is -3.97. The van der Waals surface area contributed by atoms with Gasteiger partial charge in [-0.3, -0.25) is 19.0 Å². The molecule has 0 aromatic carbocycles. The first-order chi connectivity index (χ1) is 15.6. The Labute approximate surface area is 184 Å². The maximum Gasteiger partial charge on any atom is 0.490 e. The standard InChI is InChI=1S/C17H19N7O2.C2HF3O2/c1-22(11-14-20-21-15-16(25)19-7-9-24(14)15)17(26)12-4-8-23(10-12)13-2-5-18-6-3-13;3-2(4,5)1(6)7/h2-3,5-7,9,12H,4,8,10-11H2,1H3,(H,19,25);(H,6,7). The molecule has 176 valence electrons. The van der Waals surface area contributed by atoms with Crippen LogP contribution in [-0.4, -0.2) is 72.8 Å². The van der Waals surface area contributed by atoms with Crippen molar-refractivity contribution in [3.8, 4) is 0 Å². The lowest BCUT2D eigenvalue weighted by Gasteiger charge is -2.21. The number of anilines is 1. The molecule has 1 saturated heterocycles. The normalized spacial score (nSPS) is 15.8. The molecule has 3 aromatic rings. The Morgan fingerprint density at radius 2 is 1.94 bits per heavy atom. The highest BCUT2D eigenvalue weighted by Gasteiger charge is 2.38. The van der Waals surface area contributed by atoms with Gasteiger partial charge in [0.15, 0.2) is 5.82 Å². The van der Waals surface area contributed by atoms with E-state index in [4.69, 9.17) is 9.90 Å². The monoisotopic (exact) mass is 467 g/mol. The Balaban J connectivity index is 0.000000383. The van der Waals surface area contributed by atoms with Gasteiger partial charge in [0, 0.05) is 50.6 Å². The van der Waals surface area contributed by atoms with E-state index in [0.29, 0.717) is 18.9 Å². The summed E-state index contributed by atoms with van der Waals surface area (Å²) in [6, 6.07) is 3.91. The third-order valence-electron chi connectivity index (χ3n) is 4.97. The molecule has 4 heterocycles. The number of aromatic nitrogens is 5. The molecular weight excluding hydrogens is 447 g/mol. The molecule has 0 spiro atoms. The van der Waals surface area contributed by atoms with Crippen molar-refractivity contribution < 1.29 is 27.9 Å². The van der Waals surface area contributed by atoms with Crippen molar-refractivity contribution in [1.29, 1.82) is 0 Å². The summed E-state index contributed by atoms with van der Waals surface area (Å²) in [5.74, 6) is -2.18. The molecule has 0 bridgehead atoms. The molecular formula is C19H20F3N7O4. The number of aromatic amines is 1. The van der Waals surface area contributed by atoms with Gasteiger partial charge in [-0.15, -0.1) is 10.2 Å². The molecule has 2 N–H and O–H groups in total. The van der Waals surface area contributed by atoms with Gasteiger partial charge in [0.1, 0.15) is 0 Å². The number of aliphatic carboxylic acids is 1. The number of alkyl halides is 3. The summed E-state index contributed by atoms with van der Waals surface area (Å²) in [6.45, 7) is 1.83. The highest BCUT2D eigenvalue weighted by molar-refractivity contribution is 5.80. The average molecular weight is 467 g/mol. The van der Waals surface area contributed by atoms with Gasteiger partial charge in [0.25, 0.3) is 5.56 Å². The van der Waals surface area contributed by atoms with Gasteiger partial charge in [0.2, 0.25) is 11.6 Å². The van der Waals surface area contributed by atoms with E-state index >= 15 is 0 Å². The molecule has 1 amide bonds. The number of pyridine rings is 1. The summed E-state index contributed by atoms with van der Waals surface area (Å²) in [6.07, 6.45) is 2.47. The number of H-pyrrole nitrogens is 1. The lowest BCUT2D eigenvalue weighted by molar-refractivity contribution is -0.192. The Bertz CT molecular complexity index is 1180. The molecule has 1 fully saturated rings. The van der Waals surface area contributed by atoms with Crippen LogP contribution in [0.15, 0.2) is 41.7 Å². The number of carboxylic acid groups (broad SMARTS) is 1. The van der Waals surface area contributed by atoms with Gasteiger partial charge in [-0.25, -0.2) is 4.79 Å². The van der Waals surface area contributed by atoms with Crippen molar-refractivity contribution in [2.45, 2.75) is 19.1 Å². The van der Waals surface area contributed by atoms with Crippen molar-refractivity contribution in [3.63, 3.8) is 0 Å².